The topological polar surface area (TPSA) is 35.6 Å². The Morgan fingerprint density at radius 2 is 1.74 bits per heavy atom. The molecule has 4 heteroatoms. The Morgan fingerprint density at radius 1 is 1.00 bits per heavy atom. The van der Waals surface area contributed by atoms with E-state index in [-0.39, 0.29) is 0 Å². The molecule has 3 rings (SSSR count). The number of carbonyl (C=O) groups excluding carboxylic acids is 1. The van der Waals surface area contributed by atoms with Gasteiger partial charge in [-0.3, -0.25) is 9.69 Å². The summed E-state index contributed by atoms with van der Waals surface area (Å²) in [5, 5.41) is 3.63. The molecule has 1 N–H and O–H groups in total. The number of hydrogen-bond donors (Lipinski definition) is 1. The monoisotopic (exact) mass is 265 g/mol. The van der Waals surface area contributed by atoms with Gasteiger partial charge in [-0.05, 0) is 64.1 Å². The van der Waals surface area contributed by atoms with Gasteiger partial charge in [-0.1, -0.05) is 0 Å². The highest BCUT2D eigenvalue weighted by molar-refractivity contribution is 5.78. The molecular formula is C15H27N3O. The summed E-state index contributed by atoms with van der Waals surface area (Å²) in [5.74, 6) is 1.20. The van der Waals surface area contributed by atoms with E-state index in [2.05, 4.69) is 10.2 Å². The van der Waals surface area contributed by atoms with Crippen molar-refractivity contribution in [3.8, 4) is 0 Å². The van der Waals surface area contributed by atoms with Crippen molar-refractivity contribution in [1.82, 2.24) is 15.1 Å². The normalized spacial score (nSPS) is 30.1. The fraction of sp³-hybridized carbons (Fsp3) is 0.933. The molecule has 0 aromatic carbocycles. The first kappa shape index (κ1) is 13.4. The van der Waals surface area contributed by atoms with Crippen molar-refractivity contribution in [3.05, 3.63) is 0 Å². The van der Waals surface area contributed by atoms with Crippen LogP contribution in [0.25, 0.3) is 0 Å². The molecule has 3 saturated heterocycles. The Labute approximate surface area is 116 Å². The molecule has 108 valence electrons. The molecule has 0 aliphatic carbocycles. The molecule has 0 radical (unpaired) electrons. The molecule has 1 amide bonds. The molecule has 0 saturated carbocycles. The zero-order chi connectivity index (χ0) is 13.1. The summed E-state index contributed by atoms with van der Waals surface area (Å²) in [7, 11) is 0. The highest BCUT2D eigenvalue weighted by atomic mass is 16.2. The van der Waals surface area contributed by atoms with Crippen molar-refractivity contribution in [2.24, 2.45) is 5.92 Å². The standard InChI is InChI=1S/C15H27N3O/c19-15(18-8-1-2-9-18)12-17-10-5-13(6-11-17)14-4-3-7-16-14/h13-14,16H,1-12H2. The number of carbonyl (C=O) groups is 1. The van der Waals surface area contributed by atoms with Gasteiger partial charge in [0.1, 0.15) is 0 Å². The molecule has 1 atom stereocenters. The van der Waals surface area contributed by atoms with Crippen LogP contribution in [0, 0.1) is 5.92 Å². The molecule has 3 aliphatic rings. The van der Waals surface area contributed by atoms with Crippen LogP contribution in [0.3, 0.4) is 0 Å². The maximum atomic E-state index is 12.1. The maximum absolute atomic E-state index is 12.1. The van der Waals surface area contributed by atoms with Crippen molar-refractivity contribution >= 4 is 5.91 Å². The Bertz CT molecular complexity index is 301. The second-order valence-electron chi connectivity index (χ2n) is 6.40. The molecule has 3 aliphatic heterocycles. The SMILES string of the molecule is O=C(CN1CCC(C2CCCN2)CC1)N1CCCC1. The molecule has 0 bridgehead atoms. The van der Waals surface area contributed by atoms with E-state index in [1.807, 2.05) is 4.90 Å². The number of hydrogen-bond acceptors (Lipinski definition) is 3. The lowest BCUT2D eigenvalue weighted by Crippen LogP contribution is -2.45. The third-order valence-corrected chi connectivity index (χ3v) is 5.12. The average Bonchev–Trinajstić information content (AvgIpc) is 3.13. The van der Waals surface area contributed by atoms with Crippen LogP contribution in [0.5, 0.6) is 0 Å². The predicted molar refractivity (Wildman–Crippen MR) is 76.0 cm³/mol. The summed E-state index contributed by atoms with van der Waals surface area (Å²) in [4.78, 5) is 16.5. The van der Waals surface area contributed by atoms with Gasteiger partial charge < -0.3 is 10.2 Å². The smallest absolute Gasteiger partial charge is 0.236 e. The van der Waals surface area contributed by atoms with Crippen LogP contribution in [0.15, 0.2) is 0 Å². The average molecular weight is 265 g/mol. The van der Waals surface area contributed by atoms with Crippen molar-refractivity contribution in [3.63, 3.8) is 0 Å². The molecule has 0 aromatic rings. The highest BCUT2D eigenvalue weighted by Crippen LogP contribution is 2.25. The van der Waals surface area contributed by atoms with Crippen molar-refractivity contribution in [2.45, 2.75) is 44.6 Å². The van der Waals surface area contributed by atoms with Gasteiger partial charge in [0.25, 0.3) is 0 Å². The van der Waals surface area contributed by atoms with Crippen molar-refractivity contribution < 1.29 is 4.79 Å². The zero-order valence-electron chi connectivity index (χ0n) is 11.9. The van der Waals surface area contributed by atoms with Gasteiger partial charge in [0.05, 0.1) is 6.54 Å². The van der Waals surface area contributed by atoms with Crippen molar-refractivity contribution in [1.29, 1.82) is 0 Å². The maximum Gasteiger partial charge on any atom is 0.236 e. The third-order valence-electron chi connectivity index (χ3n) is 5.12. The van der Waals surface area contributed by atoms with E-state index < -0.39 is 0 Å². The predicted octanol–water partition coefficient (Wildman–Crippen LogP) is 1.07. The molecule has 1 unspecified atom stereocenters. The Balaban J connectivity index is 1.41. The fourth-order valence-corrected chi connectivity index (χ4v) is 3.89. The van der Waals surface area contributed by atoms with E-state index in [4.69, 9.17) is 0 Å². The molecule has 0 aromatic heterocycles. The molecule has 0 spiro atoms. The largest absolute Gasteiger partial charge is 0.342 e. The van der Waals surface area contributed by atoms with Gasteiger partial charge in [-0.25, -0.2) is 0 Å². The fourth-order valence-electron chi connectivity index (χ4n) is 3.89. The van der Waals surface area contributed by atoms with Crippen LogP contribution in [0.4, 0.5) is 0 Å². The van der Waals surface area contributed by atoms with Gasteiger partial charge >= 0.3 is 0 Å². The molecule has 3 fully saturated rings. The molecule has 3 heterocycles. The lowest BCUT2D eigenvalue weighted by atomic mass is 9.88. The minimum atomic E-state index is 0.356. The van der Waals surface area contributed by atoms with E-state index in [1.54, 1.807) is 0 Å². The van der Waals surface area contributed by atoms with E-state index in [9.17, 15) is 4.79 Å². The van der Waals surface area contributed by atoms with E-state index in [1.165, 1.54) is 45.1 Å². The summed E-state index contributed by atoms with van der Waals surface area (Å²) >= 11 is 0. The summed E-state index contributed by atoms with van der Waals surface area (Å²) in [6.45, 7) is 6.07. The van der Waals surface area contributed by atoms with Gasteiger partial charge in [0, 0.05) is 19.1 Å². The Hall–Kier alpha value is -0.610. The summed E-state index contributed by atoms with van der Waals surface area (Å²) < 4.78 is 0. The van der Waals surface area contributed by atoms with Gasteiger partial charge in [0.2, 0.25) is 5.91 Å². The minimum Gasteiger partial charge on any atom is -0.342 e. The molecule has 4 nitrogen and oxygen atoms in total. The number of likely N-dealkylation sites (tertiary alicyclic amines) is 2. The van der Waals surface area contributed by atoms with Crippen LogP contribution in [-0.4, -0.2) is 61.0 Å². The third kappa shape index (κ3) is 3.29. The Kier molecular flexibility index (Phi) is 4.38. The first-order valence-corrected chi connectivity index (χ1v) is 8.06. The highest BCUT2D eigenvalue weighted by Gasteiger charge is 2.29. The van der Waals surface area contributed by atoms with E-state index in [0.717, 1.165) is 38.1 Å². The van der Waals surface area contributed by atoms with E-state index >= 15 is 0 Å². The Morgan fingerprint density at radius 3 is 2.37 bits per heavy atom. The second kappa shape index (κ2) is 6.23. The van der Waals surface area contributed by atoms with Gasteiger partial charge in [0.15, 0.2) is 0 Å². The summed E-state index contributed by atoms with van der Waals surface area (Å²) in [6, 6.07) is 0.761. The number of amides is 1. The summed E-state index contributed by atoms with van der Waals surface area (Å²) in [6.07, 6.45) is 7.63. The van der Waals surface area contributed by atoms with E-state index in [0.29, 0.717) is 12.5 Å². The lowest BCUT2D eigenvalue weighted by Gasteiger charge is -2.35. The van der Waals surface area contributed by atoms with Gasteiger partial charge in [-0.2, -0.15) is 0 Å². The zero-order valence-corrected chi connectivity index (χ0v) is 11.9. The van der Waals surface area contributed by atoms with Gasteiger partial charge in [-0.15, -0.1) is 0 Å². The van der Waals surface area contributed by atoms with Crippen LogP contribution in [-0.2, 0) is 4.79 Å². The summed E-state index contributed by atoms with van der Waals surface area (Å²) in [5.41, 5.74) is 0. The molecular weight excluding hydrogens is 238 g/mol. The van der Waals surface area contributed by atoms with Crippen LogP contribution >= 0.6 is 0 Å². The lowest BCUT2D eigenvalue weighted by molar-refractivity contribution is -0.131. The first-order valence-electron chi connectivity index (χ1n) is 8.06. The first-order chi connectivity index (χ1) is 9.33. The van der Waals surface area contributed by atoms with Crippen LogP contribution in [0.1, 0.15) is 38.5 Å². The quantitative estimate of drug-likeness (QED) is 0.829. The van der Waals surface area contributed by atoms with Crippen LogP contribution < -0.4 is 5.32 Å². The number of piperidine rings is 1. The second-order valence-corrected chi connectivity index (χ2v) is 6.40. The number of rotatable bonds is 3. The molecule has 19 heavy (non-hydrogen) atoms. The number of nitrogens with one attached hydrogen (secondary N) is 1. The minimum absolute atomic E-state index is 0.356. The number of nitrogens with zero attached hydrogens (tertiary/aromatic N) is 2. The van der Waals surface area contributed by atoms with Crippen molar-refractivity contribution in [2.75, 3.05) is 39.3 Å². The van der Waals surface area contributed by atoms with Crippen LogP contribution in [0.2, 0.25) is 0 Å².